The fraction of sp³-hybridized carbons (Fsp3) is 0.350. The molecular formula is C20H26N4O5. The average molecular weight is 402 g/mol. The van der Waals surface area contributed by atoms with E-state index in [1.165, 1.54) is 17.8 Å². The van der Waals surface area contributed by atoms with Crippen molar-refractivity contribution in [1.29, 1.82) is 0 Å². The molecule has 0 fully saturated rings. The van der Waals surface area contributed by atoms with Crippen molar-refractivity contribution in [1.82, 2.24) is 9.13 Å². The molecule has 0 aliphatic carbocycles. The Kier molecular flexibility index (Phi) is 7.24. The van der Waals surface area contributed by atoms with E-state index in [0.29, 0.717) is 18.0 Å². The van der Waals surface area contributed by atoms with Crippen LogP contribution in [0.1, 0.15) is 19.4 Å². The molecule has 0 radical (unpaired) electrons. The van der Waals surface area contributed by atoms with Crippen LogP contribution in [-0.2, 0) is 17.9 Å². The van der Waals surface area contributed by atoms with E-state index in [1.54, 1.807) is 52.3 Å². The Morgan fingerprint density at radius 2 is 1.72 bits per heavy atom. The van der Waals surface area contributed by atoms with Gasteiger partial charge in [0.05, 0.1) is 14.2 Å². The van der Waals surface area contributed by atoms with Crippen LogP contribution < -0.4 is 31.4 Å². The van der Waals surface area contributed by atoms with E-state index in [9.17, 15) is 14.4 Å². The van der Waals surface area contributed by atoms with Crippen molar-refractivity contribution in [2.45, 2.75) is 26.9 Å². The van der Waals surface area contributed by atoms with Crippen molar-refractivity contribution in [3.63, 3.8) is 0 Å². The second kappa shape index (κ2) is 9.63. The van der Waals surface area contributed by atoms with Crippen molar-refractivity contribution in [3.8, 4) is 11.5 Å². The van der Waals surface area contributed by atoms with Crippen molar-refractivity contribution in [2.24, 2.45) is 0 Å². The summed E-state index contributed by atoms with van der Waals surface area (Å²) < 4.78 is 12.9. The van der Waals surface area contributed by atoms with Gasteiger partial charge >= 0.3 is 5.69 Å². The van der Waals surface area contributed by atoms with Crippen LogP contribution in [0.25, 0.3) is 6.08 Å². The lowest BCUT2D eigenvalue weighted by atomic mass is 10.2. The predicted octanol–water partition coefficient (Wildman–Crippen LogP) is 1.76. The Labute approximate surface area is 168 Å². The highest BCUT2D eigenvalue weighted by Gasteiger charge is 2.18. The molecule has 29 heavy (non-hydrogen) atoms. The van der Waals surface area contributed by atoms with Crippen molar-refractivity contribution < 1.29 is 14.3 Å². The topological polar surface area (TPSA) is 104 Å². The fourth-order valence-electron chi connectivity index (χ4n) is 2.94. The maximum Gasteiger partial charge on any atom is 0.332 e. The van der Waals surface area contributed by atoms with Gasteiger partial charge in [0.2, 0.25) is 5.91 Å². The first kappa shape index (κ1) is 21.8. The SMILES string of the molecule is CCn1c(NC)c(NC(=O)/C=C/c2ccc(OC)c(OC)c2)c(=O)n(CC)c1=O. The van der Waals surface area contributed by atoms with Gasteiger partial charge in [0.1, 0.15) is 11.5 Å². The zero-order valence-electron chi connectivity index (χ0n) is 17.2. The molecule has 0 saturated heterocycles. The number of aromatic nitrogens is 2. The van der Waals surface area contributed by atoms with Gasteiger partial charge in [-0.15, -0.1) is 0 Å². The summed E-state index contributed by atoms with van der Waals surface area (Å²) >= 11 is 0. The summed E-state index contributed by atoms with van der Waals surface area (Å²) in [6, 6.07) is 5.22. The molecule has 156 valence electrons. The van der Waals surface area contributed by atoms with E-state index in [1.807, 2.05) is 0 Å². The monoisotopic (exact) mass is 402 g/mol. The average Bonchev–Trinajstić information content (AvgIpc) is 2.73. The van der Waals surface area contributed by atoms with Crippen LogP contribution in [-0.4, -0.2) is 36.3 Å². The maximum atomic E-state index is 12.7. The van der Waals surface area contributed by atoms with Crippen molar-refractivity contribution >= 4 is 23.5 Å². The summed E-state index contributed by atoms with van der Waals surface area (Å²) in [4.78, 5) is 37.6. The third-order valence-corrected chi connectivity index (χ3v) is 4.38. The minimum absolute atomic E-state index is 0.0257. The fourth-order valence-corrected chi connectivity index (χ4v) is 2.94. The molecule has 2 N–H and O–H groups in total. The lowest BCUT2D eigenvalue weighted by Crippen LogP contribution is -2.42. The first-order chi connectivity index (χ1) is 13.9. The summed E-state index contributed by atoms with van der Waals surface area (Å²) in [6.45, 7) is 4.03. The van der Waals surface area contributed by atoms with Crippen LogP contribution >= 0.6 is 0 Å². The molecule has 0 aliphatic rings. The molecule has 0 saturated carbocycles. The van der Waals surface area contributed by atoms with Gasteiger partial charge in [-0.3, -0.25) is 18.7 Å². The molecule has 9 heteroatoms. The lowest BCUT2D eigenvalue weighted by Gasteiger charge is -2.17. The molecule has 2 aromatic rings. The largest absolute Gasteiger partial charge is 0.493 e. The van der Waals surface area contributed by atoms with Crippen LogP contribution in [0.4, 0.5) is 11.5 Å². The molecule has 1 aromatic heterocycles. The van der Waals surface area contributed by atoms with Gasteiger partial charge in [-0.1, -0.05) is 6.07 Å². The van der Waals surface area contributed by atoms with Crippen LogP contribution in [0.15, 0.2) is 33.9 Å². The molecule has 1 amide bonds. The predicted molar refractivity (Wildman–Crippen MR) is 113 cm³/mol. The third kappa shape index (κ3) is 4.50. The molecule has 0 unspecified atom stereocenters. The number of rotatable bonds is 8. The Morgan fingerprint density at radius 1 is 1.07 bits per heavy atom. The molecule has 0 aliphatic heterocycles. The first-order valence-electron chi connectivity index (χ1n) is 9.18. The number of nitrogens with zero attached hydrogens (tertiary/aromatic N) is 2. The number of hydrogen-bond donors (Lipinski definition) is 2. The summed E-state index contributed by atoms with van der Waals surface area (Å²) in [6.07, 6.45) is 2.89. The van der Waals surface area contributed by atoms with Gasteiger partial charge in [-0.2, -0.15) is 0 Å². The second-order valence-corrected chi connectivity index (χ2v) is 5.99. The van der Waals surface area contributed by atoms with Crippen LogP contribution in [0.2, 0.25) is 0 Å². The van der Waals surface area contributed by atoms with E-state index in [-0.39, 0.29) is 18.1 Å². The number of carbonyl (C=O) groups excluding carboxylic acids is 1. The highest BCUT2D eigenvalue weighted by atomic mass is 16.5. The van der Waals surface area contributed by atoms with E-state index in [2.05, 4.69) is 10.6 Å². The zero-order valence-corrected chi connectivity index (χ0v) is 17.2. The van der Waals surface area contributed by atoms with Gasteiger partial charge in [0.15, 0.2) is 11.5 Å². The molecule has 9 nitrogen and oxygen atoms in total. The first-order valence-corrected chi connectivity index (χ1v) is 9.18. The van der Waals surface area contributed by atoms with Gasteiger partial charge in [0, 0.05) is 26.2 Å². The molecule has 1 heterocycles. The number of methoxy groups -OCH3 is 2. The van der Waals surface area contributed by atoms with E-state index in [4.69, 9.17) is 9.47 Å². The highest BCUT2D eigenvalue weighted by molar-refractivity contribution is 6.03. The van der Waals surface area contributed by atoms with E-state index in [0.717, 1.165) is 10.1 Å². The van der Waals surface area contributed by atoms with Gasteiger partial charge in [0.25, 0.3) is 5.56 Å². The molecule has 0 bridgehead atoms. The van der Waals surface area contributed by atoms with E-state index < -0.39 is 17.2 Å². The Balaban J connectivity index is 2.37. The standard InChI is InChI=1S/C20H26N4O5/c1-6-23-18(21-3)17(19(26)24(7-2)20(23)27)22-16(25)11-9-13-8-10-14(28-4)15(12-13)29-5/h8-12,21H,6-7H2,1-5H3,(H,22,25)/b11-9+. The summed E-state index contributed by atoms with van der Waals surface area (Å²) in [5, 5.41) is 5.43. The number of amides is 1. The normalized spacial score (nSPS) is 10.8. The van der Waals surface area contributed by atoms with Crippen LogP contribution in [0.3, 0.4) is 0 Å². The Morgan fingerprint density at radius 3 is 2.28 bits per heavy atom. The van der Waals surface area contributed by atoms with Gasteiger partial charge < -0.3 is 20.1 Å². The molecule has 2 rings (SSSR count). The van der Waals surface area contributed by atoms with Gasteiger partial charge in [-0.05, 0) is 37.6 Å². The van der Waals surface area contributed by atoms with Crippen LogP contribution in [0.5, 0.6) is 11.5 Å². The lowest BCUT2D eigenvalue weighted by molar-refractivity contribution is -0.111. The minimum Gasteiger partial charge on any atom is -0.493 e. The minimum atomic E-state index is -0.556. The van der Waals surface area contributed by atoms with Crippen molar-refractivity contribution in [3.05, 3.63) is 50.7 Å². The molecular weight excluding hydrogens is 376 g/mol. The van der Waals surface area contributed by atoms with Gasteiger partial charge in [-0.25, -0.2) is 4.79 Å². The highest BCUT2D eigenvalue weighted by Crippen LogP contribution is 2.28. The molecule has 0 spiro atoms. The van der Waals surface area contributed by atoms with Crippen molar-refractivity contribution in [2.75, 3.05) is 31.9 Å². The maximum absolute atomic E-state index is 12.7. The Hall–Kier alpha value is -3.49. The summed E-state index contributed by atoms with van der Waals surface area (Å²) in [5.74, 6) is 0.875. The second-order valence-electron chi connectivity index (χ2n) is 5.99. The smallest absolute Gasteiger partial charge is 0.332 e. The third-order valence-electron chi connectivity index (χ3n) is 4.38. The summed E-state index contributed by atoms with van der Waals surface area (Å²) in [5.41, 5.74) is -0.239. The molecule has 0 atom stereocenters. The number of ether oxygens (including phenoxy) is 2. The molecule has 1 aromatic carbocycles. The summed E-state index contributed by atoms with van der Waals surface area (Å²) in [7, 11) is 4.66. The number of carbonyl (C=O) groups is 1. The zero-order chi connectivity index (χ0) is 21.6. The Bertz CT molecular complexity index is 1040. The van der Waals surface area contributed by atoms with Crippen LogP contribution in [0, 0.1) is 0 Å². The number of nitrogens with one attached hydrogen (secondary N) is 2. The number of anilines is 2. The van der Waals surface area contributed by atoms with E-state index >= 15 is 0 Å². The number of hydrogen-bond acceptors (Lipinski definition) is 6. The quantitative estimate of drug-likeness (QED) is 0.652. The number of benzene rings is 1.